The lowest BCUT2D eigenvalue weighted by atomic mass is 10.00. The highest BCUT2D eigenvalue weighted by Gasteiger charge is 2.25. The van der Waals surface area contributed by atoms with Gasteiger partial charge >= 0.3 is 0 Å². The molecule has 0 radical (unpaired) electrons. The van der Waals surface area contributed by atoms with Gasteiger partial charge in [0.1, 0.15) is 5.82 Å². The van der Waals surface area contributed by atoms with Crippen LogP contribution in [0.1, 0.15) is 21.6 Å². The van der Waals surface area contributed by atoms with Crippen LogP contribution < -0.4 is 0 Å². The molecule has 0 N–H and O–H groups in total. The summed E-state index contributed by atoms with van der Waals surface area (Å²) in [6.45, 7) is 1.22. The van der Waals surface area contributed by atoms with Crippen molar-refractivity contribution < 1.29 is 9.18 Å². The van der Waals surface area contributed by atoms with E-state index in [9.17, 15) is 9.18 Å². The Hall–Kier alpha value is -3.80. The molecule has 5 rings (SSSR count). The molecule has 0 fully saturated rings. The van der Waals surface area contributed by atoms with E-state index in [-0.39, 0.29) is 11.7 Å². The number of carbonyl (C=O) groups excluding carboxylic acids is 1. The number of aromatic nitrogens is 3. The van der Waals surface area contributed by atoms with E-state index in [1.165, 1.54) is 23.3 Å². The zero-order chi connectivity index (χ0) is 20.5. The van der Waals surface area contributed by atoms with E-state index in [1.54, 1.807) is 35.3 Å². The lowest BCUT2D eigenvalue weighted by Crippen LogP contribution is -2.36. The van der Waals surface area contributed by atoms with Gasteiger partial charge in [-0.2, -0.15) is 5.10 Å². The summed E-state index contributed by atoms with van der Waals surface area (Å²) in [6, 6.07) is 19.8. The molecule has 1 aliphatic rings. The Labute approximate surface area is 173 Å². The SMILES string of the molecule is O=C(c1cc(-c2cccnc2)n(-c2ccc(F)cc2)n1)N1CCc2ccccc2C1. The highest BCUT2D eigenvalue weighted by Crippen LogP contribution is 2.26. The van der Waals surface area contributed by atoms with Crippen LogP contribution in [0.4, 0.5) is 4.39 Å². The van der Waals surface area contributed by atoms with Crippen molar-refractivity contribution in [2.24, 2.45) is 0 Å². The van der Waals surface area contributed by atoms with E-state index in [2.05, 4.69) is 22.2 Å². The topological polar surface area (TPSA) is 51.0 Å². The van der Waals surface area contributed by atoms with Crippen LogP contribution >= 0.6 is 0 Å². The first-order chi connectivity index (χ1) is 14.7. The second-order valence-corrected chi connectivity index (χ2v) is 7.29. The number of pyridine rings is 1. The smallest absolute Gasteiger partial charge is 0.274 e. The van der Waals surface area contributed by atoms with Gasteiger partial charge in [-0.05, 0) is 60.0 Å². The van der Waals surface area contributed by atoms with Gasteiger partial charge < -0.3 is 4.90 Å². The zero-order valence-electron chi connectivity index (χ0n) is 16.2. The number of benzene rings is 2. The van der Waals surface area contributed by atoms with Crippen molar-refractivity contribution in [1.82, 2.24) is 19.7 Å². The lowest BCUT2D eigenvalue weighted by Gasteiger charge is -2.28. The van der Waals surface area contributed by atoms with Gasteiger partial charge in [0.25, 0.3) is 5.91 Å². The van der Waals surface area contributed by atoms with E-state index in [4.69, 9.17) is 0 Å². The summed E-state index contributed by atoms with van der Waals surface area (Å²) in [5.74, 6) is -0.437. The fraction of sp³-hybridized carbons (Fsp3) is 0.125. The summed E-state index contributed by atoms with van der Waals surface area (Å²) in [4.78, 5) is 19.3. The minimum absolute atomic E-state index is 0.115. The van der Waals surface area contributed by atoms with Crippen molar-refractivity contribution in [3.05, 3.63) is 102 Å². The van der Waals surface area contributed by atoms with Gasteiger partial charge in [0.15, 0.2) is 5.69 Å². The first-order valence-electron chi connectivity index (χ1n) is 9.81. The van der Waals surface area contributed by atoms with Gasteiger partial charge in [-0.1, -0.05) is 24.3 Å². The number of fused-ring (bicyclic) bond motifs is 1. The average molecular weight is 398 g/mol. The van der Waals surface area contributed by atoms with Crippen LogP contribution in [-0.2, 0) is 13.0 Å². The van der Waals surface area contributed by atoms with E-state index in [0.29, 0.717) is 24.5 Å². The molecule has 0 spiro atoms. The van der Waals surface area contributed by atoms with Crippen LogP contribution in [0.2, 0.25) is 0 Å². The number of carbonyl (C=O) groups is 1. The molecule has 2 aromatic carbocycles. The average Bonchev–Trinajstić information content (AvgIpc) is 3.25. The minimum Gasteiger partial charge on any atom is -0.333 e. The maximum atomic E-state index is 13.4. The number of halogens is 1. The largest absolute Gasteiger partial charge is 0.333 e. The Morgan fingerprint density at radius 3 is 2.53 bits per heavy atom. The van der Waals surface area contributed by atoms with Crippen molar-refractivity contribution in [2.75, 3.05) is 6.54 Å². The first kappa shape index (κ1) is 18.2. The summed E-state index contributed by atoms with van der Waals surface area (Å²) >= 11 is 0. The third-order valence-electron chi connectivity index (χ3n) is 5.37. The van der Waals surface area contributed by atoms with Crippen molar-refractivity contribution in [3.8, 4) is 16.9 Å². The number of hydrogen-bond acceptors (Lipinski definition) is 3. The molecule has 0 saturated carbocycles. The predicted octanol–water partition coefficient (Wildman–Crippen LogP) is 4.27. The maximum Gasteiger partial charge on any atom is 0.274 e. The molecule has 0 saturated heterocycles. The van der Waals surface area contributed by atoms with Crippen LogP contribution in [0.25, 0.3) is 16.9 Å². The van der Waals surface area contributed by atoms with Gasteiger partial charge in [-0.15, -0.1) is 0 Å². The van der Waals surface area contributed by atoms with E-state index >= 15 is 0 Å². The summed E-state index contributed by atoms with van der Waals surface area (Å²) in [5, 5.41) is 4.59. The quantitative estimate of drug-likeness (QED) is 0.518. The molecule has 0 atom stereocenters. The maximum absolute atomic E-state index is 13.4. The highest BCUT2D eigenvalue weighted by atomic mass is 19.1. The molecule has 30 heavy (non-hydrogen) atoms. The standard InChI is InChI=1S/C24H19FN4O/c25-20-7-9-21(10-8-20)29-23(18-6-3-12-26-15-18)14-22(27-29)24(30)28-13-11-17-4-1-2-5-19(17)16-28/h1-10,12,14-15H,11,13,16H2. The molecule has 1 aliphatic heterocycles. The third-order valence-corrected chi connectivity index (χ3v) is 5.37. The van der Waals surface area contributed by atoms with Crippen LogP contribution in [-0.4, -0.2) is 32.1 Å². The summed E-state index contributed by atoms with van der Waals surface area (Å²) in [5.41, 5.74) is 5.06. The van der Waals surface area contributed by atoms with Gasteiger partial charge in [0.2, 0.25) is 0 Å². The second-order valence-electron chi connectivity index (χ2n) is 7.29. The minimum atomic E-state index is -0.322. The molecule has 6 heteroatoms. The molecule has 5 nitrogen and oxygen atoms in total. The zero-order valence-corrected chi connectivity index (χ0v) is 16.2. The molecule has 148 valence electrons. The van der Waals surface area contributed by atoms with Crippen molar-refractivity contribution >= 4 is 5.91 Å². The third kappa shape index (κ3) is 3.37. The predicted molar refractivity (Wildman–Crippen MR) is 112 cm³/mol. The van der Waals surface area contributed by atoms with Crippen LogP contribution in [0.5, 0.6) is 0 Å². The fourth-order valence-electron chi connectivity index (χ4n) is 3.82. The molecule has 3 heterocycles. The Morgan fingerprint density at radius 2 is 1.77 bits per heavy atom. The molecule has 4 aromatic rings. The molecular weight excluding hydrogens is 379 g/mol. The van der Waals surface area contributed by atoms with Crippen molar-refractivity contribution in [1.29, 1.82) is 0 Å². The number of hydrogen-bond donors (Lipinski definition) is 0. The summed E-state index contributed by atoms with van der Waals surface area (Å²) in [6.07, 6.45) is 4.25. The van der Waals surface area contributed by atoms with Gasteiger partial charge in [-0.25, -0.2) is 9.07 Å². The first-order valence-corrected chi connectivity index (χ1v) is 9.81. The van der Waals surface area contributed by atoms with Crippen LogP contribution in [0.15, 0.2) is 79.1 Å². The van der Waals surface area contributed by atoms with E-state index in [1.807, 2.05) is 29.2 Å². The fourth-order valence-corrected chi connectivity index (χ4v) is 3.82. The van der Waals surface area contributed by atoms with Crippen LogP contribution in [0.3, 0.4) is 0 Å². The van der Waals surface area contributed by atoms with E-state index in [0.717, 1.165) is 17.7 Å². The second kappa shape index (κ2) is 7.55. The molecular formula is C24H19FN4O. The molecule has 1 amide bonds. The molecule has 0 aliphatic carbocycles. The molecule has 0 bridgehead atoms. The summed E-state index contributed by atoms with van der Waals surface area (Å²) in [7, 11) is 0. The molecule has 0 unspecified atom stereocenters. The van der Waals surface area contributed by atoms with Crippen molar-refractivity contribution in [2.45, 2.75) is 13.0 Å². The van der Waals surface area contributed by atoms with Gasteiger partial charge in [-0.3, -0.25) is 9.78 Å². The van der Waals surface area contributed by atoms with Gasteiger partial charge in [0.05, 0.1) is 11.4 Å². The Bertz CT molecular complexity index is 1200. The number of rotatable bonds is 3. The monoisotopic (exact) mass is 398 g/mol. The lowest BCUT2D eigenvalue weighted by molar-refractivity contribution is 0.0728. The van der Waals surface area contributed by atoms with Crippen molar-refractivity contribution in [3.63, 3.8) is 0 Å². The summed E-state index contributed by atoms with van der Waals surface area (Å²) < 4.78 is 15.1. The van der Waals surface area contributed by atoms with Gasteiger partial charge in [0, 0.05) is 31.0 Å². The number of nitrogens with zero attached hydrogens (tertiary/aromatic N) is 4. The van der Waals surface area contributed by atoms with Crippen LogP contribution in [0, 0.1) is 5.82 Å². The number of amides is 1. The Balaban J connectivity index is 1.53. The highest BCUT2D eigenvalue weighted by molar-refractivity contribution is 5.93. The molecule has 2 aromatic heterocycles. The Morgan fingerprint density at radius 1 is 0.967 bits per heavy atom. The van der Waals surface area contributed by atoms with E-state index < -0.39 is 0 Å². The Kier molecular flexibility index (Phi) is 4.59. The normalized spacial score (nSPS) is 13.2.